The molecule has 1 heterocycles. The van der Waals surface area contributed by atoms with Gasteiger partial charge in [0.15, 0.2) is 0 Å². The number of benzene rings is 1. The summed E-state index contributed by atoms with van der Waals surface area (Å²) in [5.41, 5.74) is 1.43. The van der Waals surface area contributed by atoms with Crippen molar-refractivity contribution in [1.29, 1.82) is 0 Å². The summed E-state index contributed by atoms with van der Waals surface area (Å²) in [6.07, 6.45) is 7.58. The summed E-state index contributed by atoms with van der Waals surface area (Å²) in [7, 11) is 1.94. The van der Waals surface area contributed by atoms with Crippen molar-refractivity contribution in [2.75, 3.05) is 20.3 Å². The molecule has 0 N–H and O–H groups in total. The largest absolute Gasteiger partial charge is 0.376 e. The predicted octanol–water partition coefficient (Wildman–Crippen LogP) is 4.15. The molecular weight excluding hydrogens is 326 g/mol. The third-order valence-electron chi connectivity index (χ3n) is 6.02. The Kier molecular flexibility index (Phi) is 7.09. The number of nitrogens with zero attached hydrogens (tertiary/aromatic N) is 1. The number of hydrogen-bond acceptors (Lipinski definition) is 3. The van der Waals surface area contributed by atoms with Crippen molar-refractivity contribution in [2.45, 2.75) is 76.0 Å². The summed E-state index contributed by atoms with van der Waals surface area (Å²) in [4.78, 5) is 14.7. The van der Waals surface area contributed by atoms with E-state index in [4.69, 9.17) is 9.47 Å². The molecule has 0 aromatic heterocycles. The number of likely N-dealkylation sites (N-methyl/N-ethyl adjacent to an activating group) is 1. The SMILES string of the molecule is CC(OCC1CCCCO1)C(=O)N(C)C1CCC(c2ccccc2)CC1. The minimum atomic E-state index is -0.391. The fourth-order valence-electron chi connectivity index (χ4n) is 4.25. The molecule has 0 radical (unpaired) electrons. The van der Waals surface area contributed by atoms with E-state index in [1.165, 1.54) is 12.0 Å². The first-order chi connectivity index (χ1) is 12.6. The van der Waals surface area contributed by atoms with Crippen LogP contribution in [0.1, 0.15) is 63.4 Å². The molecule has 2 fully saturated rings. The minimum absolute atomic E-state index is 0.101. The van der Waals surface area contributed by atoms with Crippen molar-refractivity contribution in [1.82, 2.24) is 4.90 Å². The Balaban J connectivity index is 1.43. The Hall–Kier alpha value is -1.39. The average molecular weight is 360 g/mol. The van der Waals surface area contributed by atoms with Gasteiger partial charge in [-0.1, -0.05) is 30.3 Å². The summed E-state index contributed by atoms with van der Waals surface area (Å²) < 4.78 is 11.5. The third-order valence-corrected chi connectivity index (χ3v) is 6.02. The van der Waals surface area contributed by atoms with Gasteiger partial charge in [0.05, 0.1) is 12.7 Å². The lowest BCUT2D eigenvalue weighted by atomic mass is 9.81. The molecule has 1 saturated heterocycles. The lowest BCUT2D eigenvalue weighted by molar-refractivity contribution is -0.147. The van der Waals surface area contributed by atoms with E-state index in [2.05, 4.69) is 30.3 Å². The first kappa shape index (κ1) is 19.4. The summed E-state index contributed by atoms with van der Waals surface area (Å²) >= 11 is 0. The van der Waals surface area contributed by atoms with Gasteiger partial charge in [-0.3, -0.25) is 4.79 Å². The number of ether oxygens (including phenoxy) is 2. The molecule has 0 bridgehead atoms. The third kappa shape index (κ3) is 5.08. The van der Waals surface area contributed by atoms with Crippen LogP contribution in [0.4, 0.5) is 0 Å². The fraction of sp³-hybridized carbons (Fsp3) is 0.682. The van der Waals surface area contributed by atoms with Gasteiger partial charge in [-0.2, -0.15) is 0 Å². The maximum absolute atomic E-state index is 12.7. The molecule has 4 heteroatoms. The van der Waals surface area contributed by atoms with E-state index in [1.54, 1.807) is 0 Å². The van der Waals surface area contributed by atoms with E-state index >= 15 is 0 Å². The molecule has 3 rings (SSSR count). The van der Waals surface area contributed by atoms with Crippen molar-refractivity contribution in [3.05, 3.63) is 35.9 Å². The molecule has 0 spiro atoms. The Morgan fingerprint density at radius 1 is 1.15 bits per heavy atom. The zero-order valence-electron chi connectivity index (χ0n) is 16.2. The topological polar surface area (TPSA) is 38.8 Å². The highest BCUT2D eigenvalue weighted by atomic mass is 16.5. The first-order valence-electron chi connectivity index (χ1n) is 10.2. The van der Waals surface area contributed by atoms with Crippen LogP contribution in [0.15, 0.2) is 30.3 Å². The van der Waals surface area contributed by atoms with Crippen LogP contribution in [0.5, 0.6) is 0 Å². The van der Waals surface area contributed by atoms with E-state index in [9.17, 15) is 4.79 Å². The Morgan fingerprint density at radius 3 is 2.54 bits per heavy atom. The molecule has 2 unspecified atom stereocenters. The predicted molar refractivity (Wildman–Crippen MR) is 103 cm³/mol. The molecule has 144 valence electrons. The van der Waals surface area contributed by atoms with Crippen molar-refractivity contribution >= 4 is 5.91 Å². The van der Waals surface area contributed by atoms with E-state index in [0.717, 1.165) is 45.1 Å². The monoisotopic (exact) mass is 359 g/mol. The van der Waals surface area contributed by atoms with E-state index < -0.39 is 6.10 Å². The van der Waals surface area contributed by atoms with Gasteiger partial charge in [0, 0.05) is 19.7 Å². The number of carbonyl (C=O) groups is 1. The molecule has 2 atom stereocenters. The zero-order valence-corrected chi connectivity index (χ0v) is 16.2. The lowest BCUT2D eigenvalue weighted by Gasteiger charge is -2.36. The van der Waals surface area contributed by atoms with Crippen molar-refractivity contribution < 1.29 is 14.3 Å². The van der Waals surface area contributed by atoms with Gasteiger partial charge in [-0.25, -0.2) is 0 Å². The molecule has 2 aliphatic rings. The maximum Gasteiger partial charge on any atom is 0.251 e. The Labute approximate surface area is 157 Å². The summed E-state index contributed by atoms with van der Waals surface area (Å²) in [6, 6.07) is 11.1. The first-order valence-corrected chi connectivity index (χ1v) is 10.2. The second kappa shape index (κ2) is 9.52. The van der Waals surface area contributed by atoms with Crippen LogP contribution < -0.4 is 0 Å². The van der Waals surface area contributed by atoms with E-state index in [1.807, 2.05) is 18.9 Å². The summed E-state index contributed by atoms with van der Waals surface area (Å²) in [5.74, 6) is 0.733. The van der Waals surface area contributed by atoms with Gasteiger partial charge >= 0.3 is 0 Å². The van der Waals surface area contributed by atoms with Gasteiger partial charge < -0.3 is 14.4 Å². The summed E-state index contributed by atoms with van der Waals surface area (Å²) in [5, 5.41) is 0. The van der Waals surface area contributed by atoms with Crippen LogP contribution in [-0.4, -0.2) is 49.3 Å². The molecule has 1 amide bonds. The Bertz CT molecular complexity index is 548. The molecule has 1 aliphatic carbocycles. The molecule has 1 aliphatic heterocycles. The second-order valence-corrected chi connectivity index (χ2v) is 7.83. The van der Waals surface area contributed by atoms with Crippen LogP contribution in [0, 0.1) is 0 Å². The van der Waals surface area contributed by atoms with Crippen LogP contribution in [0.3, 0.4) is 0 Å². The fourth-order valence-corrected chi connectivity index (χ4v) is 4.25. The van der Waals surface area contributed by atoms with Crippen LogP contribution >= 0.6 is 0 Å². The molecule has 1 aromatic carbocycles. The van der Waals surface area contributed by atoms with Gasteiger partial charge in [-0.05, 0) is 63.4 Å². The van der Waals surface area contributed by atoms with Crippen molar-refractivity contribution in [2.24, 2.45) is 0 Å². The average Bonchev–Trinajstić information content (AvgIpc) is 2.72. The highest BCUT2D eigenvalue weighted by Gasteiger charge is 2.30. The lowest BCUT2D eigenvalue weighted by Crippen LogP contribution is -2.45. The van der Waals surface area contributed by atoms with Crippen molar-refractivity contribution in [3.63, 3.8) is 0 Å². The summed E-state index contributed by atoms with van der Waals surface area (Å²) in [6.45, 7) is 3.22. The van der Waals surface area contributed by atoms with Gasteiger partial charge in [-0.15, -0.1) is 0 Å². The van der Waals surface area contributed by atoms with Crippen LogP contribution in [0.2, 0.25) is 0 Å². The van der Waals surface area contributed by atoms with E-state index in [0.29, 0.717) is 18.6 Å². The highest BCUT2D eigenvalue weighted by Crippen LogP contribution is 2.34. The smallest absolute Gasteiger partial charge is 0.251 e. The van der Waals surface area contributed by atoms with Gasteiger partial charge in [0.1, 0.15) is 6.10 Å². The number of rotatable bonds is 6. The van der Waals surface area contributed by atoms with Crippen LogP contribution in [0.25, 0.3) is 0 Å². The standard InChI is InChI=1S/C22H33NO3/c1-17(26-16-21-10-6-7-15-25-21)22(24)23(2)20-13-11-19(12-14-20)18-8-4-3-5-9-18/h3-5,8-9,17,19-21H,6-7,10-16H2,1-2H3. The molecule has 4 nitrogen and oxygen atoms in total. The number of hydrogen-bond donors (Lipinski definition) is 0. The van der Waals surface area contributed by atoms with Crippen molar-refractivity contribution in [3.8, 4) is 0 Å². The molecular formula is C22H33NO3. The van der Waals surface area contributed by atoms with Gasteiger partial charge in [0.25, 0.3) is 5.91 Å². The normalized spacial score (nSPS) is 27.7. The second-order valence-electron chi connectivity index (χ2n) is 7.83. The van der Waals surface area contributed by atoms with Gasteiger partial charge in [0.2, 0.25) is 0 Å². The molecule has 1 saturated carbocycles. The quantitative estimate of drug-likeness (QED) is 0.766. The highest BCUT2D eigenvalue weighted by molar-refractivity contribution is 5.80. The minimum Gasteiger partial charge on any atom is -0.376 e. The van der Waals surface area contributed by atoms with E-state index in [-0.39, 0.29) is 12.0 Å². The number of amides is 1. The molecule has 26 heavy (non-hydrogen) atoms. The number of carbonyl (C=O) groups excluding carboxylic acids is 1. The molecule has 1 aromatic rings. The Morgan fingerprint density at radius 2 is 1.88 bits per heavy atom. The zero-order chi connectivity index (χ0) is 18.4. The maximum atomic E-state index is 12.7. The van der Waals surface area contributed by atoms with Crippen LogP contribution in [-0.2, 0) is 14.3 Å².